The Morgan fingerprint density at radius 2 is 1.97 bits per heavy atom. The molecule has 0 unspecified atom stereocenters. The first-order chi connectivity index (χ1) is 15.4. The lowest BCUT2D eigenvalue weighted by Gasteiger charge is -2.16. The summed E-state index contributed by atoms with van der Waals surface area (Å²) in [4.78, 5) is 24.7. The molecule has 1 heterocycles. The molecule has 0 fully saturated rings. The van der Waals surface area contributed by atoms with E-state index in [1.165, 1.54) is 11.8 Å². The lowest BCUT2D eigenvalue weighted by Crippen LogP contribution is -2.32. The van der Waals surface area contributed by atoms with Crippen molar-refractivity contribution in [1.29, 1.82) is 0 Å². The zero-order valence-electron chi connectivity index (χ0n) is 17.4. The Kier molecular flexibility index (Phi) is 8.09. The van der Waals surface area contributed by atoms with Crippen molar-refractivity contribution in [2.45, 2.75) is 11.2 Å². The maximum absolute atomic E-state index is 12.5. The molecule has 0 aliphatic carbocycles. The van der Waals surface area contributed by atoms with Gasteiger partial charge < -0.3 is 25.0 Å². The van der Waals surface area contributed by atoms with E-state index in [0.717, 1.165) is 0 Å². The number of methoxy groups -OCH3 is 1. The van der Waals surface area contributed by atoms with Gasteiger partial charge in [0.2, 0.25) is 5.91 Å². The highest BCUT2D eigenvalue weighted by Crippen LogP contribution is 2.21. The van der Waals surface area contributed by atoms with E-state index in [1.807, 2.05) is 0 Å². The minimum Gasteiger partial charge on any atom is -0.497 e. The summed E-state index contributed by atoms with van der Waals surface area (Å²) in [6.45, 7) is -0.367. The van der Waals surface area contributed by atoms with Crippen LogP contribution >= 0.6 is 23.4 Å². The molecular weight excluding hydrogens is 454 g/mol. The van der Waals surface area contributed by atoms with Gasteiger partial charge in [0.25, 0.3) is 5.91 Å². The predicted octanol–water partition coefficient (Wildman–Crippen LogP) is 2.67. The second-order valence-electron chi connectivity index (χ2n) is 6.68. The summed E-state index contributed by atoms with van der Waals surface area (Å²) in [5.74, 6) is 0.500. The summed E-state index contributed by atoms with van der Waals surface area (Å²) >= 11 is 7.11. The molecule has 0 bridgehead atoms. The van der Waals surface area contributed by atoms with E-state index in [-0.39, 0.29) is 24.2 Å². The van der Waals surface area contributed by atoms with Gasteiger partial charge in [0.1, 0.15) is 11.8 Å². The highest BCUT2D eigenvalue weighted by atomic mass is 35.5. The van der Waals surface area contributed by atoms with Crippen molar-refractivity contribution in [2.24, 2.45) is 7.05 Å². The monoisotopic (exact) mass is 475 g/mol. The van der Waals surface area contributed by atoms with Gasteiger partial charge in [0.05, 0.1) is 19.5 Å². The summed E-state index contributed by atoms with van der Waals surface area (Å²) in [6, 6.07) is 12.7. The zero-order valence-corrected chi connectivity index (χ0v) is 19.0. The second kappa shape index (κ2) is 11.0. The molecule has 2 aromatic carbocycles. The highest BCUT2D eigenvalue weighted by molar-refractivity contribution is 7.99. The van der Waals surface area contributed by atoms with Gasteiger partial charge in [-0.1, -0.05) is 29.4 Å². The van der Waals surface area contributed by atoms with E-state index < -0.39 is 6.04 Å². The van der Waals surface area contributed by atoms with Crippen LogP contribution in [0.25, 0.3) is 0 Å². The Balaban J connectivity index is 1.61. The van der Waals surface area contributed by atoms with Crippen molar-refractivity contribution >= 4 is 40.9 Å². The van der Waals surface area contributed by atoms with Gasteiger partial charge in [-0.3, -0.25) is 9.59 Å². The number of ether oxygens (including phenoxy) is 1. The van der Waals surface area contributed by atoms with Crippen LogP contribution in [0.1, 0.15) is 22.2 Å². The number of aromatic nitrogens is 3. The second-order valence-corrected chi connectivity index (χ2v) is 8.06. The molecule has 0 radical (unpaired) electrons. The third-order valence-corrected chi connectivity index (χ3v) is 5.72. The standard InChI is InChI=1S/C21H22ClN5O4S/c1-27-19(17(11-28)24-20(30)13-6-8-16(31-2)9-7-13)25-26-21(27)32-12-18(29)23-15-5-3-4-14(22)10-15/h3-10,17,28H,11-12H2,1-2H3,(H,23,29)(H,24,30)/t17-/m0/s1. The molecule has 11 heteroatoms. The molecule has 9 nitrogen and oxygen atoms in total. The Morgan fingerprint density at radius 3 is 2.62 bits per heavy atom. The molecule has 2 amide bonds. The van der Waals surface area contributed by atoms with Crippen LogP contribution in [0.3, 0.4) is 0 Å². The summed E-state index contributed by atoms with van der Waals surface area (Å²) in [7, 11) is 3.25. The number of hydrogen-bond donors (Lipinski definition) is 3. The van der Waals surface area contributed by atoms with Gasteiger partial charge in [-0.2, -0.15) is 0 Å². The van der Waals surface area contributed by atoms with Gasteiger partial charge in [0, 0.05) is 23.3 Å². The fraction of sp³-hybridized carbons (Fsp3) is 0.238. The SMILES string of the molecule is COc1ccc(C(=O)N[C@@H](CO)c2nnc(SCC(=O)Nc3cccc(Cl)c3)n2C)cc1. The number of aliphatic hydroxyl groups excluding tert-OH is 1. The van der Waals surface area contributed by atoms with E-state index in [1.54, 1.807) is 67.3 Å². The number of amides is 2. The average Bonchev–Trinajstić information content (AvgIpc) is 3.16. The smallest absolute Gasteiger partial charge is 0.251 e. The van der Waals surface area contributed by atoms with E-state index in [9.17, 15) is 14.7 Å². The number of aliphatic hydroxyl groups is 1. The normalized spacial score (nSPS) is 11.6. The zero-order chi connectivity index (χ0) is 23.1. The number of anilines is 1. The molecular formula is C21H22ClN5O4S. The third kappa shape index (κ3) is 6.00. The van der Waals surface area contributed by atoms with Crippen LogP contribution in [-0.4, -0.2) is 51.2 Å². The number of carbonyl (C=O) groups excluding carboxylic acids is 2. The predicted molar refractivity (Wildman–Crippen MR) is 122 cm³/mol. The molecule has 3 N–H and O–H groups in total. The van der Waals surface area contributed by atoms with E-state index in [2.05, 4.69) is 20.8 Å². The van der Waals surface area contributed by atoms with Crippen LogP contribution in [0.5, 0.6) is 5.75 Å². The lowest BCUT2D eigenvalue weighted by molar-refractivity contribution is -0.113. The Labute approximate surface area is 194 Å². The molecule has 32 heavy (non-hydrogen) atoms. The molecule has 3 aromatic rings. The average molecular weight is 476 g/mol. The van der Waals surface area contributed by atoms with Crippen molar-refractivity contribution in [2.75, 3.05) is 24.8 Å². The third-order valence-electron chi connectivity index (χ3n) is 4.46. The molecule has 0 saturated heterocycles. The Hall–Kier alpha value is -3.08. The number of hydrogen-bond acceptors (Lipinski definition) is 7. The Bertz CT molecular complexity index is 1090. The molecule has 1 atom stereocenters. The van der Waals surface area contributed by atoms with Gasteiger partial charge >= 0.3 is 0 Å². The van der Waals surface area contributed by atoms with Crippen LogP contribution in [0.15, 0.2) is 53.7 Å². The first kappa shape index (κ1) is 23.6. The van der Waals surface area contributed by atoms with Crippen molar-refractivity contribution in [3.05, 3.63) is 64.9 Å². The van der Waals surface area contributed by atoms with Gasteiger partial charge in [0.15, 0.2) is 11.0 Å². The number of thioether (sulfide) groups is 1. The highest BCUT2D eigenvalue weighted by Gasteiger charge is 2.22. The van der Waals surface area contributed by atoms with Crippen LogP contribution in [0.2, 0.25) is 5.02 Å². The van der Waals surface area contributed by atoms with Crippen LogP contribution in [-0.2, 0) is 11.8 Å². The van der Waals surface area contributed by atoms with Crippen molar-refractivity contribution in [3.8, 4) is 5.75 Å². The maximum atomic E-state index is 12.5. The fourth-order valence-corrected chi connectivity index (χ4v) is 3.73. The van der Waals surface area contributed by atoms with Gasteiger partial charge in [-0.25, -0.2) is 0 Å². The molecule has 3 rings (SSSR count). The van der Waals surface area contributed by atoms with E-state index in [4.69, 9.17) is 16.3 Å². The minimum absolute atomic E-state index is 0.0977. The van der Waals surface area contributed by atoms with Crippen LogP contribution in [0.4, 0.5) is 5.69 Å². The van der Waals surface area contributed by atoms with Crippen molar-refractivity contribution in [1.82, 2.24) is 20.1 Å². The molecule has 1 aromatic heterocycles. The number of nitrogens with one attached hydrogen (secondary N) is 2. The number of rotatable bonds is 9. The minimum atomic E-state index is -0.767. The van der Waals surface area contributed by atoms with E-state index >= 15 is 0 Å². The molecule has 0 saturated carbocycles. The van der Waals surface area contributed by atoms with Gasteiger partial charge in [-0.05, 0) is 42.5 Å². The number of nitrogens with zero attached hydrogens (tertiary/aromatic N) is 3. The topological polar surface area (TPSA) is 118 Å². The summed E-state index contributed by atoms with van der Waals surface area (Å²) in [5, 5.41) is 24.5. The molecule has 0 spiro atoms. The number of halogens is 1. The van der Waals surface area contributed by atoms with E-state index in [0.29, 0.717) is 33.0 Å². The first-order valence-electron chi connectivity index (χ1n) is 9.54. The molecule has 0 aliphatic heterocycles. The number of benzene rings is 2. The summed E-state index contributed by atoms with van der Waals surface area (Å²) < 4.78 is 6.72. The molecule has 0 aliphatic rings. The van der Waals surface area contributed by atoms with Crippen molar-refractivity contribution < 1.29 is 19.4 Å². The quantitative estimate of drug-likeness (QED) is 0.407. The van der Waals surface area contributed by atoms with Crippen LogP contribution in [0, 0.1) is 0 Å². The van der Waals surface area contributed by atoms with Crippen molar-refractivity contribution in [3.63, 3.8) is 0 Å². The molecule has 168 valence electrons. The van der Waals surface area contributed by atoms with Crippen LogP contribution < -0.4 is 15.4 Å². The number of carbonyl (C=O) groups is 2. The largest absolute Gasteiger partial charge is 0.497 e. The first-order valence-corrected chi connectivity index (χ1v) is 10.9. The fourth-order valence-electron chi connectivity index (χ4n) is 2.82. The maximum Gasteiger partial charge on any atom is 0.251 e. The Morgan fingerprint density at radius 1 is 1.22 bits per heavy atom. The lowest BCUT2D eigenvalue weighted by atomic mass is 10.2. The summed E-state index contributed by atoms with van der Waals surface area (Å²) in [5.41, 5.74) is 1.02. The van der Waals surface area contributed by atoms with Gasteiger partial charge in [-0.15, -0.1) is 10.2 Å². The summed E-state index contributed by atoms with van der Waals surface area (Å²) in [6.07, 6.45) is 0.